The number of hydrogen-bond acceptors (Lipinski definition) is 3. The quantitative estimate of drug-likeness (QED) is 0.526. The molecule has 1 aliphatic heterocycles. The van der Waals surface area contributed by atoms with Gasteiger partial charge in [0.05, 0.1) is 6.54 Å². The molecule has 152 valence electrons. The van der Waals surface area contributed by atoms with Crippen LogP contribution in [0.3, 0.4) is 0 Å². The molecule has 0 radical (unpaired) electrons. The number of aliphatic imine (C=N–C) groups is 1. The smallest absolute Gasteiger partial charge is 0.191 e. The predicted molar refractivity (Wildman–Crippen MR) is 117 cm³/mol. The van der Waals surface area contributed by atoms with E-state index in [1.54, 1.807) is 0 Å². The van der Waals surface area contributed by atoms with Crippen molar-refractivity contribution in [1.82, 2.24) is 20.4 Å². The fourth-order valence-electron chi connectivity index (χ4n) is 3.40. The molecule has 2 rings (SSSR count). The van der Waals surface area contributed by atoms with Crippen molar-refractivity contribution in [3.05, 3.63) is 34.9 Å². The second-order valence-electron chi connectivity index (χ2n) is 7.67. The number of benzene rings is 1. The molecule has 1 saturated heterocycles. The largest absolute Gasteiger partial charge is 0.357 e. The third kappa shape index (κ3) is 7.68. The molecule has 0 spiro atoms. The summed E-state index contributed by atoms with van der Waals surface area (Å²) in [5.41, 5.74) is 1.28. The summed E-state index contributed by atoms with van der Waals surface area (Å²) in [6.45, 7) is 13.8. The Bertz CT molecular complexity index is 564. The number of halogens is 1. The molecule has 6 heteroatoms. The van der Waals surface area contributed by atoms with Crippen LogP contribution in [-0.4, -0.2) is 74.7 Å². The molecule has 0 saturated carbocycles. The summed E-state index contributed by atoms with van der Waals surface area (Å²) >= 11 is 5.95. The molecular weight excluding hydrogens is 358 g/mol. The van der Waals surface area contributed by atoms with Crippen molar-refractivity contribution in [2.75, 3.05) is 52.9 Å². The first-order chi connectivity index (χ1) is 13.0. The highest BCUT2D eigenvalue weighted by Gasteiger charge is 2.24. The topological polar surface area (TPSA) is 42.9 Å². The van der Waals surface area contributed by atoms with E-state index < -0.39 is 0 Å². The fourth-order valence-corrected chi connectivity index (χ4v) is 3.53. The summed E-state index contributed by atoms with van der Waals surface area (Å²) in [6.07, 6.45) is 0.952. The number of rotatable bonds is 8. The number of nitrogens with zero attached hydrogens (tertiary/aromatic N) is 3. The van der Waals surface area contributed by atoms with Gasteiger partial charge in [-0.05, 0) is 44.0 Å². The Balaban J connectivity index is 1.88. The first-order valence-electron chi connectivity index (χ1n) is 10.2. The van der Waals surface area contributed by atoms with E-state index in [0.29, 0.717) is 12.0 Å². The molecular formula is C21H36ClN5. The van der Waals surface area contributed by atoms with Crippen LogP contribution in [0.2, 0.25) is 5.02 Å². The summed E-state index contributed by atoms with van der Waals surface area (Å²) < 4.78 is 0. The van der Waals surface area contributed by atoms with E-state index in [1.165, 1.54) is 5.56 Å². The van der Waals surface area contributed by atoms with Crippen molar-refractivity contribution in [3.8, 4) is 0 Å². The van der Waals surface area contributed by atoms with Crippen LogP contribution in [0.4, 0.5) is 0 Å². The minimum Gasteiger partial charge on any atom is -0.357 e. The molecule has 1 aromatic carbocycles. The molecule has 0 aromatic heterocycles. The van der Waals surface area contributed by atoms with Crippen LogP contribution in [0.1, 0.15) is 26.3 Å². The number of likely N-dealkylation sites (N-methyl/N-ethyl adjacent to an activating group) is 1. The van der Waals surface area contributed by atoms with E-state index in [2.05, 4.69) is 60.4 Å². The van der Waals surface area contributed by atoms with Crippen LogP contribution in [0, 0.1) is 5.92 Å². The Hall–Kier alpha value is -1.30. The van der Waals surface area contributed by atoms with Crippen LogP contribution in [0.5, 0.6) is 0 Å². The summed E-state index contributed by atoms with van der Waals surface area (Å²) in [5.74, 6) is 1.50. The zero-order chi connectivity index (χ0) is 19.6. The third-order valence-corrected chi connectivity index (χ3v) is 5.43. The van der Waals surface area contributed by atoms with Crippen molar-refractivity contribution in [2.24, 2.45) is 10.9 Å². The Morgan fingerprint density at radius 2 is 1.78 bits per heavy atom. The van der Waals surface area contributed by atoms with Crippen LogP contribution < -0.4 is 10.6 Å². The third-order valence-electron chi connectivity index (χ3n) is 5.18. The van der Waals surface area contributed by atoms with Gasteiger partial charge in [0.25, 0.3) is 0 Å². The normalized spacial score (nSPS) is 17.9. The average molecular weight is 394 g/mol. The van der Waals surface area contributed by atoms with Gasteiger partial charge in [-0.2, -0.15) is 0 Å². The van der Waals surface area contributed by atoms with Crippen LogP contribution >= 0.6 is 11.6 Å². The lowest BCUT2D eigenvalue weighted by Crippen LogP contribution is -2.52. The number of hydrogen-bond donors (Lipinski definition) is 2. The number of nitrogens with one attached hydrogen (secondary N) is 2. The fraction of sp³-hybridized carbons (Fsp3) is 0.667. The van der Waals surface area contributed by atoms with Crippen LogP contribution in [0.25, 0.3) is 0 Å². The lowest BCUT2D eigenvalue weighted by molar-refractivity contribution is 0.0925. The molecule has 1 atom stereocenters. The van der Waals surface area contributed by atoms with Gasteiger partial charge in [-0.3, -0.25) is 9.89 Å². The van der Waals surface area contributed by atoms with Crippen LogP contribution in [0.15, 0.2) is 29.3 Å². The Morgan fingerprint density at radius 3 is 2.37 bits per heavy atom. The maximum absolute atomic E-state index is 5.95. The monoisotopic (exact) mass is 393 g/mol. The molecule has 1 fully saturated rings. The highest BCUT2D eigenvalue weighted by molar-refractivity contribution is 6.30. The van der Waals surface area contributed by atoms with Crippen molar-refractivity contribution in [3.63, 3.8) is 0 Å². The minimum absolute atomic E-state index is 0.491. The van der Waals surface area contributed by atoms with Crippen molar-refractivity contribution in [1.29, 1.82) is 0 Å². The molecule has 27 heavy (non-hydrogen) atoms. The number of piperazine rings is 1. The zero-order valence-corrected chi connectivity index (χ0v) is 18.1. The Labute approximate surface area is 170 Å². The van der Waals surface area contributed by atoms with Gasteiger partial charge < -0.3 is 15.5 Å². The number of guanidine groups is 1. The lowest BCUT2D eigenvalue weighted by atomic mass is 10.0. The van der Waals surface area contributed by atoms with E-state index in [9.17, 15) is 0 Å². The van der Waals surface area contributed by atoms with Crippen molar-refractivity contribution < 1.29 is 0 Å². The molecule has 0 bridgehead atoms. The summed E-state index contributed by atoms with van der Waals surface area (Å²) in [4.78, 5) is 9.90. The SMILES string of the molecule is CCNC(=NCC(C(C)C)N1CCN(C)CC1)NCCc1ccc(Cl)cc1. The maximum Gasteiger partial charge on any atom is 0.191 e. The van der Waals surface area contributed by atoms with E-state index in [4.69, 9.17) is 16.6 Å². The molecule has 1 aromatic rings. The van der Waals surface area contributed by atoms with Crippen molar-refractivity contribution >= 4 is 17.6 Å². The van der Waals surface area contributed by atoms with E-state index >= 15 is 0 Å². The molecule has 1 unspecified atom stereocenters. The van der Waals surface area contributed by atoms with E-state index in [-0.39, 0.29) is 0 Å². The standard InChI is InChI=1S/C21H36ClN5/c1-5-23-21(24-11-10-18-6-8-19(22)9-7-18)25-16-20(17(2)3)27-14-12-26(4)13-15-27/h6-9,17,20H,5,10-16H2,1-4H3,(H2,23,24,25). The first kappa shape index (κ1) is 22.0. The van der Waals surface area contributed by atoms with Gasteiger partial charge in [0, 0.05) is 50.3 Å². The minimum atomic E-state index is 0.491. The van der Waals surface area contributed by atoms with E-state index in [0.717, 1.165) is 63.2 Å². The molecule has 1 aliphatic rings. The van der Waals surface area contributed by atoms with E-state index in [1.807, 2.05) is 12.1 Å². The maximum atomic E-state index is 5.95. The molecule has 0 amide bonds. The van der Waals surface area contributed by atoms with Crippen LogP contribution in [-0.2, 0) is 6.42 Å². The highest BCUT2D eigenvalue weighted by atomic mass is 35.5. The first-order valence-corrected chi connectivity index (χ1v) is 10.6. The summed E-state index contributed by atoms with van der Waals surface area (Å²) in [5, 5.41) is 7.62. The van der Waals surface area contributed by atoms with Gasteiger partial charge >= 0.3 is 0 Å². The molecule has 0 aliphatic carbocycles. The van der Waals surface area contributed by atoms with Crippen molar-refractivity contribution in [2.45, 2.75) is 33.2 Å². The van der Waals surface area contributed by atoms with Gasteiger partial charge in [0.15, 0.2) is 5.96 Å². The molecule has 1 heterocycles. The van der Waals surface area contributed by atoms with Gasteiger partial charge in [-0.1, -0.05) is 37.6 Å². The molecule has 2 N–H and O–H groups in total. The Kier molecular flexibility index (Phi) is 9.39. The lowest BCUT2D eigenvalue weighted by Gasteiger charge is -2.39. The Morgan fingerprint density at radius 1 is 1.11 bits per heavy atom. The van der Waals surface area contributed by atoms with Gasteiger partial charge in [-0.15, -0.1) is 0 Å². The van der Waals surface area contributed by atoms with Gasteiger partial charge in [-0.25, -0.2) is 0 Å². The summed E-state index contributed by atoms with van der Waals surface area (Å²) in [7, 11) is 2.20. The predicted octanol–water partition coefficient (Wildman–Crippen LogP) is 2.71. The highest BCUT2D eigenvalue weighted by Crippen LogP contribution is 2.14. The molecule has 5 nitrogen and oxygen atoms in total. The summed E-state index contributed by atoms with van der Waals surface area (Å²) in [6, 6.07) is 8.54. The second-order valence-corrected chi connectivity index (χ2v) is 8.11. The second kappa shape index (κ2) is 11.5. The zero-order valence-electron chi connectivity index (χ0n) is 17.3. The van der Waals surface area contributed by atoms with Gasteiger partial charge in [0.1, 0.15) is 0 Å². The average Bonchev–Trinajstić information content (AvgIpc) is 2.64. The van der Waals surface area contributed by atoms with Gasteiger partial charge in [0.2, 0.25) is 0 Å².